The van der Waals surface area contributed by atoms with E-state index in [4.69, 9.17) is 9.88 Å². The van der Waals surface area contributed by atoms with Gasteiger partial charge in [-0.1, -0.05) is 5.16 Å². The number of carbonyl (C=O) groups excluding carboxylic acids is 1. The summed E-state index contributed by atoms with van der Waals surface area (Å²) >= 11 is 0. The molecule has 0 atom stereocenters. The van der Waals surface area contributed by atoms with Crippen LogP contribution in [0.5, 0.6) is 5.75 Å². The maximum atomic E-state index is 11.9. The van der Waals surface area contributed by atoms with Crippen molar-refractivity contribution in [3.63, 3.8) is 0 Å². The molecule has 0 unspecified atom stereocenters. The molecule has 1 amide bonds. The predicted molar refractivity (Wildman–Crippen MR) is 73.6 cm³/mol. The van der Waals surface area contributed by atoms with Gasteiger partial charge in [0.2, 0.25) is 10.0 Å². The Balaban J connectivity index is 2.49. The number of nitrogens with zero attached hydrogens (tertiary/aromatic N) is 1. The van der Waals surface area contributed by atoms with Crippen molar-refractivity contribution in [2.75, 3.05) is 12.4 Å². The number of nitrogens with two attached hydrogens (primary N) is 1. The number of hydrogen-bond donors (Lipinski definition) is 2. The lowest BCUT2D eigenvalue weighted by molar-refractivity contribution is 0.101. The van der Waals surface area contributed by atoms with Crippen molar-refractivity contribution in [1.29, 1.82) is 0 Å². The molecule has 9 heteroatoms. The molecule has 0 fully saturated rings. The third-order valence-corrected chi connectivity index (χ3v) is 3.54. The van der Waals surface area contributed by atoms with Gasteiger partial charge in [-0.2, -0.15) is 0 Å². The van der Waals surface area contributed by atoms with Crippen molar-refractivity contribution >= 4 is 21.6 Å². The highest BCUT2D eigenvalue weighted by Crippen LogP contribution is 2.33. The molecule has 1 heterocycles. The molecule has 112 valence electrons. The molecule has 0 bridgehead atoms. The van der Waals surface area contributed by atoms with E-state index in [-0.39, 0.29) is 22.0 Å². The third kappa shape index (κ3) is 3.20. The van der Waals surface area contributed by atoms with Gasteiger partial charge >= 0.3 is 0 Å². The largest absolute Gasteiger partial charge is 0.493 e. The monoisotopic (exact) mass is 311 g/mol. The second kappa shape index (κ2) is 5.54. The van der Waals surface area contributed by atoms with Crippen LogP contribution in [0.1, 0.15) is 16.1 Å². The molecule has 0 aliphatic carbocycles. The van der Waals surface area contributed by atoms with Crippen LogP contribution in [0, 0.1) is 6.92 Å². The van der Waals surface area contributed by atoms with E-state index in [1.54, 1.807) is 13.0 Å². The van der Waals surface area contributed by atoms with Crippen molar-refractivity contribution in [2.24, 2.45) is 5.14 Å². The molecule has 0 spiro atoms. The third-order valence-electron chi connectivity index (χ3n) is 2.63. The maximum Gasteiger partial charge on any atom is 0.277 e. The zero-order chi connectivity index (χ0) is 15.6. The highest BCUT2D eigenvalue weighted by Gasteiger charge is 2.21. The molecule has 0 saturated carbocycles. The fourth-order valence-corrected chi connectivity index (χ4v) is 2.57. The van der Waals surface area contributed by atoms with Gasteiger partial charge in [0.05, 0.1) is 12.8 Å². The number of benzene rings is 1. The summed E-state index contributed by atoms with van der Waals surface area (Å²) in [6.45, 7) is 1.67. The molecule has 2 rings (SSSR count). The first-order valence-corrected chi connectivity index (χ1v) is 7.30. The molecule has 21 heavy (non-hydrogen) atoms. The van der Waals surface area contributed by atoms with Crippen LogP contribution in [0.3, 0.4) is 0 Å². The van der Waals surface area contributed by atoms with E-state index in [0.717, 1.165) is 0 Å². The Bertz CT molecular complexity index is 768. The minimum Gasteiger partial charge on any atom is -0.493 e. The van der Waals surface area contributed by atoms with E-state index in [2.05, 4.69) is 15.0 Å². The average Bonchev–Trinajstić information content (AvgIpc) is 2.91. The smallest absolute Gasteiger partial charge is 0.277 e. The maximum absolute atomic E-state index is 11.9. The predicted octanol–water partition coefficient (Wildman–Crippen LogP) is 0.891. The molecule has 1 aromatic heterocycles. The van der Waals surface area contributed by atoms with Crippen molar-refractivity contribution in [3.8, 4) is 5.75 Å². The van der Waals surface area contributed by atoms with E-state index in [0.29, 0.717) is 5.56 Å². The minimum absolute atomic E-state index is 0.0417. The highest BCUT2D eigenvalue weighted by atomic mass is 32.2. The van der Waals surface area contributed by atoms with E-state index in [1.807, 2.05) is 0 Å². The number of aryl methyl sites for hydroxylation is 1. The first-order valence-electron chi connectivity index (χ1n) is 5.76. The zero-order valence-corrected chi connectivity index (χ0v) is 12.1. The Labute approximate surface area is 120 Å². The van der Waals surface area contributed by atoms with E-state index < -0.39 is 15.9 Å². The summed E-state index contributed by atoms with van der Waals surface area (Å²) in [6.07, 6.45) is 1.25. The van der Waals surface area contributed by atoms with Crippen molar-refractivity contribution in [3.05, 3.63) is 35.7 Å². The SMILES string of the molecule is COc1c(NC(=O)c2ccon2)cc(C)cc1S(N)(=O)=O. The summed E-state index contributed by atoms with van der Waals surface area (Å²) in [4.78, 5) is 11.7. The number of aromatic nitrogens is 1. The van der Waals surface area contributed by atoms with Gasteiger partial charge < -0.3 is 14.6 Å². The summed E-state index contributed by atoms with van der Waals surface area (Å²) in [6, 6.07) is 4.30. The first-order chi connectivity index (χ1) is 9.82. The lowest BCUT2D eigenvalue weighted by Crippen LogP contribution is -2.17. The lowest BCUT2D eigenvalue weighted by Gasteiger charge is -2.14. The fourth-order valence-electron chi connectivity index (χ4n) is 1.77. The highest BCUT2D eigenvalue weighted by molar-refractivity contribution is 7.89. The van der Waals surface area contributed by atoms with E-state index in [9.17, 15) is 13.2 Å². The van der Waals surface area contributed by atoms with Crippen LogP contribution in [-0.2, 0) is 10.0 Å². The van der Waals surface area contributed by atoms with Crippen LogP contribution in [0.25, 0.3) is 0 Å². The number of nitrogens with one attached hydrogen (secondary N) is 1. The number of carbonyl (C=O) groups is 1. The quantitative estimate of drug-likeness (QED) is 0.864. The topological polar surface area (TPSA) is 125 Å². The summed E-state index contributed by atoms with van der Waals surface area (Å²) in [5.74, 6) is -0.604. The fraction of sp³-hybridized carbons (Fsp3) is 0.167. The first kappa shape index (κ1) is 15.0. The van der Waals surface area contributed by atoms with Gasteiger partial charge in [0, 0.05) is 6.07 Å². The summed E-state index contributed by atoms with van der Waals surface area (Å²) in [7, 11) is -2.71. The molecule has 8 nitrogen and oxygen atoms in total. The minimum atomic E-state index is -3.99. The zero-order valence-electron chi connectivity index (χ0n) is 11.3. The second-order valence-electron chi connectivity index (χ2n) is 4.23. The lowest BCUT2D eigenvalue weighted by atomic mass is 10.2. The van der Waals surface area contributed by atoms with Crippen molar-refractivity contribution in [1.82, 2.24) is 5.16 Å². The Morgan fingerprint density at radius 3 is 2.67 bits per heavy atom. The Hall–Kier alpha value is -2.39. The molecule has 0 aliphatic rings. The van der Waals surface area contributed by atoms with Crippen LogP contribution in [-0.4, -0.2) is 26.6 Å². The van der Waals surface area contributed by atoms with E-state index in [1.165, 1.54) is 25.5 Å². The van der Waals surface area contributed by atoms with Crippen LogP contribution in [0.15, 0.2) is 33.9 Å². The number of ether oxygens (including phenoxy) is 1. The van der Waals surface area contributed by atoms with Crippen molar-refractivity contribution < 1.29 is 22.5 Å². The van der Waals surface area contributed by atoms with Gasteiger partial charge in [-0.25, -0.2) is 13.6 Å². The Morgan fingerprint density at radius 2 is 2.14 bits per heavy atom. The summed E-state index contributed by atoms with van der Waals surface area (Å²) < 4.78 is 32.8. The summed E-state index contributed by atoms with van der Waals surface area (Å²) in [5.41, 5.74) is 0.820. The molecule has 1 aromatic carbocycles. The van der Waals surface area contributed by atoms with Crippen LogP contribution in [0.2, 0.25) is 0 Å². The number of hydrogen-bond acceptors (Lipinski definition) is 6. The molecule has 2 aromatic rings. The number of primary sulfonamides is 1. The van der Waals surface area contributed by atoms with Crippen LogP contribution in [0.4, 0.5) is 5.69 Å². The number of methoxy groups -OCH3 is 1. The Morgan fingerprint density at radius 1 is 1.43 bits per heavy atom. The van der Waals surface area contributed by atoms with E-state index >= 15 is 0 Å². The average molecular weight is 311 g/mol. The van der Waals surface area contributed by atoms with Gasteiger partial charge in [-0.05, 0) is 24.6 Å². The van der Waals surface area contributed by atoms with Gasteiger partial charge in [0.15, 0.2) is 11.4 Å². The number of rotatable bonds is 4. The number of amides is 1. The normalized spacial score (nSPS) is 11.2. The number of anilines is 1. The summed E-state index contributed by atoms with van der Waals surface area (Å²) in [5, 5.41) is 11.1. The van der Waals surface area contributed by atoms with Crippen molar-refractivity contribution in [2.45, 2.75) is 11.8 Å². The molecular formula is C12H13N3O5S. The molecule has 0 saturated heterocycles. The standard InChI is InChI=1S/C12H13N3O5S/c1-7-5-9(14-12(16)8-3-4-20-15-8)11(19-2)10(6-7)21(13,17)18/h3-6H,1-2H3,(H,14,16)(H2,13,17,18). The van der Waals surface area contributed by atoms with Gasteiger partial charge in [-0.15, -0.1) is 0 Å². The van der Waals surface area contributed by atoms with Gasteiger partial charge in [-0.3, -0.25) is 4.79 Å². The molecule has 0 radical (unpaired) electrons. The van der Waals surface area contributed by atoms with Gasteiger partial charge in [0.25, 0.3) is 5.91 Å². The molecular weight excluding hydrogens is 298 g/mol. The second-order valence-corrected chi connectivity index (χ2v) is 5.76. The molecule has 3 N–H and O–H groups in total. The number of sulfonamides is 1. The van der Waals surface area contributed by atoms with Crippen LogP contribution >= 0.6 is 0 Å². The van der Waals surface area contributed by atoms with Crippen LogP contribution < -0.4 is 15.2 Å². The molecule has 0 aliphatic heterocycles. The Kier molecular flexibility index (Phi) is 3.96. The van der Waals surface area contributed by atoms with Gasteiger partial charge in [0.1, 0.15) is 11.2 Å².